The number of ether oxygens (including phenoxy) is 1. The van der Waals surface area contributed by atoms with Crippen LogP contribution in [0.5, 0.6) is 5.75 Å². The van der Waals surface area contributed by atoms with Gasteiger partial charge < -0.3 is 19.9 Å². The minimum absolute atomic E-state index is 0.00474. The first-order valence-corrected chi connectivity index (χ1v) is 10.2. The molecular formula is C22H26ClN3O2. The quantitative estimate of drug-likeness (QED) is 0.844. The summed E-state index contributed by atoms with van der Waals surface area (Å²) >= 11 is 6.52. The van der Waals surface area contributed by atoms with E-state index in [0.717, 1.165) is 55.3 Å². The van der Waals surface area contributed by atoms with E-state index >= 15 is 0 Å². The number of nitrogens with zero attached hydrogens (tertiary/aromatic N) is 2. The molecule has 148 valence electrons. The van der Waals surface area contributed by atoms with Gasteiger partial charge in [-0.3, -0.25) is 4.79 Å². The molecule has 1 unspecified atom stereocenters. The zero-order valence-corrected chi connectivity index (χ0v) is 16.9. The molecule has 2 aromatic rings. The van der Waals surface area contributed by atoms with Crippen molar-refractivity contribution in [2.24, 2.45) is 0 Å². The van der Waals surface area contributed by atoms with Gasteiger partial charge in [-0.15, -0.1) is 0 Å². The number of hydrogen-bond acceptors (Lipinski definition) is 4. The van der Waals surface area contributed by atoms with Crippen LogP contribution in [0.3, 0.4) is 0 Å². The van der Waals surface area contributed by atoms with Crippen LogP contribution in [0, 0.1) is 0 Å². The van der Waals surface area contributed by atoms with Gasteiger partial charge in [-0.1, -0.05) is 29.8 Å². The van der Waals surface area contributed by atoms with Crippen molar-refractivity contribution >= 4 is 28.9 Å². The Hall–Kier alpha value is -2.24. The number of nitrogens with one attached hydrogen (secondary N) is 1. The lowest BCUT2D eigenvalue weighted by molar-refractivity contribution is -0.116. The van der Waals surface area contributed by atoms with Gasteiger partial charge in [-0.25, -0.2) is 0 Å². The third kappa shape index (κ3) is 4.26. The fourth-order valence-electron chi connectivity index (χ4n) is 3.95. The number of hydrogen-bond donors (Lipinski definition) is 1. The first kappa shape index (κ1) is 19.1. The molecule has 0 aliphatic carbocycles. The SMILES string of the molecule is CN1CCN(c2ccc(NC(=O)CC3CCOc4ccccc43)cc2Cl)CC1. The van der Waals surface area contributed by atoms with Crippen molar-refractivity contribution in [1.82, 2.24) is 4.90 Å². The number of benzene rings is 2. The van der Waals surface area contributed by atoms with E-state index in [2.05, 4.69) is 22.2 Å². The average molecular weight is 400 g/mol. The van der Waals surface area contributed by atoms with E-state index in [-0.39, 0.29) is 11.8 Å². The highest BCUT2D eigenvalue weighted by Gasteiger charge is 2.24. The molecule has 0 bridgehead atoms. The molecule has 5 nitrogen and oxygen atoms in total. The molecule has 1 saturated heterocycles. The predicted octanol–water partition coefficient (Wildman–Crippen LogP) is 3.99. The number of anilines is 2. The Morgan fingerprint density at radius 2 is 1.96 bits per heavy atom. The van der Waals surface area contributed by atoms with Crippen LogP contribution in [-0.4, -0.2) is 50.6 Å². The number of likely N-dealkylation sites (N-methyl/N-ethyl adjacent to an activating group) is 1. The van der Waals surface area contributed by atoms with Gasteiger partial charge >= 0.3 is 0 Å². The van der Waals surface area contributed by atoms with Crippen LogP contribution in [0.15, 0.2) is 42.5 Å². The lowest BCUT2D eigenvalue weighted by Gasteiger charge is -2.34. The topological polar surface area (TPSA) is 44.8 Å². The Balaban J connectivity index is 1.39. The van der Waals surface area contributed by atoms with Crippen molar-refractivity contribution in [2.45, 2.75) is 18.8 Å². The van der Waals surface area contributed by atoms with E-state index in [1.807, 2.05) is 42.5 Å². The molecule has 1 N–H and O–H groups in total. The van der Waals surface area contributed by atoms with E-state index in [4.69, 9.17) is 16.3 Å². The molecular weight excluding hydrogens is 374 g/mol. The molecule has 6 heteroatoms. The summed E-state index contributed by atoms with van der Waals surface area (Å²) in [6.07, 6.45) is 1.30. The van der Waals surface area contributed by atoms with E-state index < -0.39 is 0 Å². The summed E-state index contributed by atoms with van der Waals surface area (Å²) in [5, 5.41) is 3.69. The highest BCUT2D eigenvalue weighted by molar-refractivity contribution is 6.33. The van der Waals surface area contributed by atoms with Crippen LogP contribution >= 0.6 is 11.6 Å². The highest BCUT2D eigenvalue weighted by Crippen LogP contribution is 2.36. The Morgan fingerprint density at radius 3 is 2.75 bits per heavy atom. The van der Waals surface area contributed by atoms with Gasteiger partial charge in [0, 0.05) is 38.3 Å². The number of carbonyl (C=O) groups is 1. The summed E-state index contributed by atoms with van der Waals surface area (Å²) in [5.74, 6) is 1.08. The molecule has 0 radical (unpaired) electrons. The summed E-state index contributed by atoms with van der Waals surface area (Å²) in [4.78, 5) is 17.2. The molecule has 0 spiro atoms. The largest absolute Gasteiger partial charge is 0.493 e. The lowest BCUT2D eigenvalue weighted by atomic mass is 9.90. The Labute approximate surface area is 171 Å². The van der Waals surface area contributed by atoms with Gasteiger partial charge in [0.05, 0.1) is 17.3 Å². The van der Waals surface area contributed by atoms with Crippen molar-refractivity contribution in [3.63, 3.8) is 0 Å². The first-order chi connectivity index (χ1) is 13.6. The fraction of sp³-hybridized carbons (Fsp3) is 0.409. The molecule has 0 saturated carbocycles. The third-order valence-corrected chi connectivity index (χ3v) is 5.89. The van der Waals surface area contributed by atoms with Crippen LogP contribution in [-0.2, 0) is 4.79 Å². The summed E-state index contributed by atoms with van der Waals surface area (Å²) in [5.41, 5.74) is 2.90. The number of amides is 1. The van der Waals surface area contributed by atoms with Crippen LogP contribution in [0.4, 0.5) is 11.4 Å². The van der Waals surface area contributed by atoms with Crippen molar-refractivity contribution in [3.05, 3.63) is 53.1 Å². The van der Waals surface area contributed by atoms with Crippen LogP contribution in [0.2, 0.25) is 5.02 Å². The number of halogens is 1. The van der Waals surface area contributed by atoms with Crippen molar-refractivity contribution in [3.8, 4) is 5.75 Å². The van der Waals surface area contributed by atoms with Gasteiger partial charge in [-0.05, 0) is 49.2 Å². The van der Waals surface area contributed by atoms with Gasteiger partial charge in [0.15, 0.2) is 0 Å². The predicted molar refractivity (Wildman–Crippen MR) is 114 cm³/mol. The molecule has 0 aromatic heterocycles. The average Bonchev–Trinajstić information content (AvgIpc) is 2.69. The normalized spacial score (nSPS) is 19.6. The van der Waals surface area contributed by atoms with Crippen LogP contribution < -0.4 is 15.0 Å². The first-order valence-electron chi connectivity index (χ1n) is 9.85. The molecule has 1 atom stereocenters. The molecule has 2 aliphatic heterocycles. The number of piperazine rings is 1. The zero-order valence-electron chi connectivity index (χ0n) is 16.2. The van der Waals surface area contributed by atoms with Gasteiger partial charge in [0.1, 0.15) is 5.75 Å². The second-order valence-corrected chi connectivity index (χ2v) is 7.99. The molecule has 2 aliphatic rings. The molecule has 2 heterocycles. The molecule has 4 rings (SSSR count). The molecule has 1 fully saturated rings. The van der Waals surface area contributed by atoms with Crippen molar-refractivity contribution in [2.75, 3.05) is 50.1 Å². The lowest BCUT2D eigenvalue weighted by Crippen LogP contribution is -2.44. The van der Waals surface area contributed by atoms with E-state index in [0.29, 0.717) is 18.1 Å². The zero-order chi connectivity index (χ0) is 19.5. The van der Waals surface area contributed by atoms with E-state index in [1.165, 1.54) is 0 Å². The maximum absolute atomic E-state index is 12.6. The third-order valence-electron chi connectivity index (χ3n) is 5.59. The smallest absolute Gasteiger partial charge is 0.224 e. The number of para-hydroxylation sites is 1. The highest BCUT2D eigenvalue weighted by atomic mass is 35.5. The van der Waals surface area contributed by atoms with Crippen molar-refractivity contribution in [1.29, 1.82) is 0 Å². The number of rotatable bonds is 4. The van der Waals surface area contributed by atoms with Crippen LogP contribution in [0.1, 0.15) is 24.3 Å². The molecule has 28 heavy (non-hydrogen) atoms. The number of fused-ring (bicyclic) bond motifs is 1. The summed E-state index contributed by atoms with van der Waals surface area (Å²) < 4.78 is 5.69. The van der Waals surface area contributed by atoms with E-state index in [9.17, 15) is 4.79 Å². The minimum Gasteiger partial charge on any atom is -0.493 e. The monoisotopic (exact) mass is 399 g/mol. The number of carbonyl (C=O) groups excluding carboxylic acids is 1. The standard InChI is InChI=1S/C22H26ClN3O2/c1-25-9-11-26(12-10-25)20-7-6-17(15-19(20)23)24-22(27)14-16-8-13-28-21-5-3-2-4-18(16)21/h2-7,15-16H,8-14H2,1H3,(H,24,27). The van der Waals surface area contributed by atoms with Gasteiger partial charge in [-0.2, -0.15) is 0 Å². The second kappa shape index (κ2) is 8.41. The van der Waals surface area contributed by atoms with Gasteiger partial charge in [0.25, 0.3) is 0 Å². The maximum Gasteiger partial charge on any atom is 0.224 e. The second-order valence-electron chi connectivity index (χ2n) is 7.58. The van der Waals surface area contributed by atoms with Crippen LogP contribution in [0.25, 0.3) is 0 Å². The Bertz CT molecular complexity index is 849. The Morgan fingerprint density at radius 1 is 1.18 bits per heavy atom. The molecule has 1 amide bonds. The summed E-state index contributed by atoms with van der Waals surface area (Å²) in [7, 11) is 2.13. The van der Waals surface area contributed by atoms with E-state index in [1.54, 1.807) is 0 Å². The summed E-state index contributed by atoms with van der Waals surface area (Å²) in [6.45, 7) is 4.64. The maximum atomic E-state index is 12.6. The minimum atomic E-state index is 0.00474. The van der Waals surface area contributed by atoms with Gasteiger partial charge in [0.2, 0.25) is 5.91 Å². The molecule has 2 aromatic carbocycles. The summed E-state index contributed by atoms with van der Waals surface area (Å²) in [6, 6.07) is 13.8. The Kier molecular flexibility index (Phi) is 5.74. The fourth-order valence-corrected chi connectivity index (χ4v) is 4.25. The van der Waals surface area contributed by atoms with Crippen molar-refractivity contribution < 1.29 is 9.53 Å².